The van der Waals surface area contributed by atoms with Crippen molar-refractivity contribution >= 4 is 16.8 Å². The highest BCUT2D eigenvalue weighted by molar-refractivity contribution is 5.83. The Morgan fingerprint density at radius 2 is 2.35 bits per heavy atom. The average molecular weight is 231 g/mol. The van der Waals surface area contributed by atoms with Gasteiger partial charge in [0, 0.05) is 30.6 Å². The number of fused-ring (bicyclic) bond motifs is 1. The smallest absolute Gasteiger partial charge is 0.223 e. The van der Waals surface area contributed by atoms with Crippen LogP contribution in [0.5, 0.6) is 0 Å². The molecule has 6 nitrogen and oxygen atoms in total. The number of carbonyl (C=O) groups is 1. The van der Waals surface area contributed by atoms with Gasteiger partial charge >= 0.3 is 0 Å². The Morgan fingerprint density at radius 1 is 1.53 bits per heavy atom. The fourth-order valence-corrected chi connectivity index (χ4v) is 2.05. The maximum Gasteiger partial charge on any atom is 0.223 e. The van der Waals surface area contributed by atoms with Crippen LogP contribution >= 0.6 is 0 Å². The molecule has 1 saturated heterocycles. The summed E-state index contributed by atoms with van der Waals surface area (Å²) in [4.78, 5) is 15.1. The lowest BCUT2D eigenvalue weighted by Crippen LogP contribution is -2.40. The molecule has 2 aromatic rings. The third-order valence-corrected chi connectivity index (χ3v) is 3.07. The van der Waals surface area contributed by atoms with Crippen molar-refractivity contribution in [2.24, 2.45) is 5.73 Å². The van der Waals surface area contributed by atoms with E-state index in [1.165, 1.54) is 0 Å². The van der Waals surface area contributed by atoms with Gasteiger partial charge in [-0.2, -0.15) is 5.10 Å². The molecule has 0 saturated carbocycles. The molecule has 6 heteroatoms. The van der Waals surface area contributed by atoms with Gasteiger partial charge in [-0.25, -0.2) is 0 Å². The van der Waals surface area contributed by atoms with Crippen molar-refractivity contribution in [3.05, 3.63) is 23.7 Å². The molecule has 1 fully saturated rings. The Balaban J connectivity index is 1.98. The number of nitrogens with zero attached hydrogens (tertiary/aromatic N) is 2. The predicted molar refractivity (Wildman–Crippen MR) is 62.4 cm³/mol. The number of hydrogen-bond donors (Lipinski definition) is 3. The Labute approximate surface area is 97.6 Å². The predicted octanol–water partition coefficient (Wildman–Crippen LogP) is -0.328. The Hall–Kier alpha value is -1.95. The molecule has 1 aliphatic heterocycles. The fourth-order valence-electron chi connectivity index (χ4n) is 2.05. The highest BCUT2D eigenvalue weighted by Crippen LogP contribution is 2.25. The van der Waals surface area contributed by atoms with E-state index in [0.29, 0.717) is 11.6 Å². The molecule has 17 heavy (non-hydrogen) atoms. The lowest BCUT2D eigenvalue weighted by molar-refractivity contribution is -0.117. The van der Waals surface area contributed by atoms with Crippen molar-refractivity contribution in [3.8, 4) is 0 Å². The van der Waals surface area contributed by atoms with E-state index in [9.17, 15) is 4.79 Å². The van der Waals surface area contributed by atoms with Gasteiger partial charge in [-0.3, -0.25) is 14.9 Å². The fraction of sp³-hybridized carbons (Fsp3) is 0.364. The van der Waals surface area contributed by atoms with Crippen LogP contribution in [0.15, 0.2) is 12.3 Å². The first-order valence-corrected chi connectivity index (χ1v) is 5.56. The third kappa shape index (κ3) is 1.76. The molecule has 3 heterocycles. The van der Waals surface area contributed by atoms with Crippen LogP contribution < -0.4 is 11.1 Å². The molecule has 0 aliphatic carbocycles. The van der Waals surface area contributed by atoms with E-state index < -0.39 is 0 Å². The van der Waals surface area contributed by atoms with Crippen molar-refractivity contribution in [2.45, 2.75) is 12.3 Å². The topological polar surface area (TPSA) is 96.7 Å². The molecular formula is C11H13N5O. The molecular weight excluding hydrogens is 218 g/mol. The van der Waals surface area contributed by atoms with Crippen molar-refractivity contribution in [2.75, 3.05) is 13.1 Å². The number of H-pyrrole nitrogens is 1. The molecule has 3 rings (SSSR count). The Bertz CT molecular complexity index is 572. The maximum atomic E-state index is 10.8. The first kappa shape index (κ1) is 10.2. The SMILES string of the molecule is NC(=O)Cc1cc2n[nH]c(C3CNC3)c2cn1. The van der Waals surface area contributed by atoms with Gasteiger partial charge in [0.1, 0.15) is 0 Å². The van der Waals surface area contributed by atoms with Gasteiger partial charge < -0.3 is 11.1 Å². The number of nitrogens with one attached hydrogen (secondary N) is 2. The maximum absolute atomic E-state index is 10.8. The van der Waals surface area contributed by atoms with E-state index in [1.54, 1.807) is 6.20 Å². The van der Waals surface area contributed by atoms with E-state index in [4.69, 9.17) is 5.73 Å². The summed E-state index contributed by atoms with van der Waals surface area (Å²) in [6, 6.07) is 1.81. The quantitative estimate of drug-likeness (QED) is 0.674. The largest absolute Gasteiger partial charge is 0.369 e. The minimum atomic E-state index is -0.379. The van der Waals surface area contributed by atoms with Gasteiger partial charge in [0.2, 0.25) is 5.91 Å². The van der Waals surface area contributed by atoms with Gasteiger partial charge in [0.05, 0.1) is 23.3 Å². The normalized spacial score (nSPS) is 16.0. The molecule has 0 unspecified atom stereocenters. The lowest BCUT2D eigenvalue weighted by atomic mass is 9.97. The second kappa shape index (κ2) is 3.81. The zero-order chi connectivity index (χ0) is 11.8. The van der Waals surface area contributed by atoms with Gasteiger partial charge in [-0.05, 0) is 6.07 Å². The summed E-state index contributed by atoms with van der Waals surface area (Å²) in [6.45, 7) is 1.95. The first-order valence-electron chi connectivity index (χ1n) is 5.56. The van der Waals surface area contributed by atoms with Crippen LogP contribution in [0.4, 0.5) is 0 Å². The molecule has 88 valence electrons. The second-order valence-electron chi connectivity index (χ2n) is 4.33. The number of rotatable bonds is 3. The highest BCUT2D eigenvalue weighted by Gasteiger charge is 2.23. The summed E-state index contributed by atoms with van der Waals surface area (Å²) in [5.74, 6) is 0.111. The summed E-state index contributed by atoms with van der Waals surface area (Å²) in [7, 11) is 0. The highest BCUT2D eigenvalue weighted by atomic mass is 16.1. The Morgan fingerprint density at radius 3 is 3.00 bits per heavy atom. The molecule has 1 aliphatic rings. The molecule has 2 aromatic heterocycles. The van der Waals surface area contributed by atoms with E-state index in [-0.39, 0.29) is 12.3 Å². The van der Waals surface area contributed by atoms with Crippen LogP contribution in [-0.4, -0.2) is 34.2 Å². The van der Waals surface area contributed by atoms with Crippen molar-refractivity contribution < 1.29 is 4.79 Å². The first-order chi connectivity index (χ1) is 8.24. The van der Waals surface area contributed by atoms with E-state index in [1.807, 2.05) is 6.07 Å². The van der Waals surface area contributed by atoms with Gasteiger partial charge in [-0.1, -0.05) is 0 Å². The number of amides is 1. The van der Waals surface area contributed by atoms with Crippen LogP contribution in [-0.2, 0) is 11.2 Å². The number of aromatic amines is 1. The van der Waals surface area contributed by atoms with Crippen molar-refractivity contribution in [3.63, 3.8) is 0 Å². The van der Waals surface area contributed by atoms with E-state index in [0.717, 1.165) is 29.7 Å². The number of primary amides is 1. The summed E-state index contributed by atoms with van der Waals surface area (Å²) in [5.41, 5.74) is 7.77. The van der Waals surface area contributed by atoms with Gasteiger partial charge in [-0.15, -0.1) is 0 Å². The summed E-state index contributed by atoms with van der Waals surface area (Å²) in [6.07, 6.45) is 1.92. The molecule has 0 bridgehead atoms. The van der Waals surface area contributed by atoms with Gasteiger partial charge in [0.25, 0.3) is 0 Å². The second-order valence-corrected chi connectivity index (χ2v) is 4.33. The summed E-state index contributed by atoms with van der Waals surface area (Å²) in [5, 5.41) is 11.5. The van der Waals surface area contributed by atoms with Crippen molar-refractivity contribution in [1.82, 2.24) is 20.5 Å². The van der Waals surface area contributed by atoms with E-state index in [2.05, 4.69) is 20.5 Å². The molecule has 0 spiro atoms. The van der Waals surface area contributed by atoms with Gasteiger partial charge in [0.15, 0.2) is 0 Å². The Kier molecular flexibility index (Phi) is 2.29. The van der Waals surface area contributed by atoms with Crippen LogP contribution in [0.3, 0.4) is 0 Å². The van der Waals surface area contributed by atoms with Crippen molar-refractivity contribution in [1.29, 1.82) is 0 Å². The number of pyridine rings is 1. The zero-order valence-electron chi connectivity index (χ0n) is 9.23. The number of nitrogens with two attached hydrogens (primary N) is 1. The van der Waals surface area contributed by atoms with Crippen LogP contribution in [0, 0.1) is 0 Å². The summed E-state index contributed by atoms with van der Waals surface area (Å²) >= 11 is 0. The summed E-state index contributed by atoms with van der Waals surface area (Å²) < 4.78 is 0. The zero-order valence-corrected chi connectivity index (χ0v) is 9.23. The third-order valence-electron chi connectivity index (χ3n) is 3.07. The number of carbonyl (C=O) groups excluding carboxylic acids is 1. The number of aromatic nitrogens is 3. The molecule has 0 atom stereocenters. The van der Waals surface area contributed by atoms with E-state index >= 15 is 0 Å². The molecule has 4 N–H and O–H groups in total. The minimum Gasteiger partial charge on any atom is -0.369 e. The van der Waals surface area contributed by atoms with Crippen LogP contribution in [0.25, 0.3) is 10.9 Å². The van der Waals surface area contributed by atoms with Crippen LogP contribution in [0.1, 0.15) is 17.3 Å². The number of hydrogen-bond acceptors (Lipinski definition) is 4. The lowest BCUT2D eigenvalue weighted by Gasteiger charge is -2.25. The monoisotopic (exact) mass is 231 g/mol. The molecule has 0 radical (unpaired) electrons. The standard InChI is InChI=1S/C11H13N5O/c12-10(17)2-7-1-9-8(5-14-7)11(16-15-9)6-3-13-4-6/h1,5-6,13H,2-4H2,(H2,12,17)(H,15,16). The molecule has 0 aromatic carbocycles. The molecule has 1 amide bonds. The van der Waals surface area contributed by atoms with Crippen LogP contribution in [0.2, 0.25) is 0 Å². The average Bonchev–Trinajstić information content (AvgIpc) is 2.58. The minimum absolute atomic E-state index is 0.156.